The summed E-state index contributed by atoms with van der Waals surface area (Å²) in [6.07, 6.45) is 0. The lowest BCUT2D eigenvalue weighted by atomic mass is 10.2. The Bertz CT molecular complexity index is 809. The molecule has 2 rings (SSSR count). The van der Waals surface area contributed by atoms with Gasteiger partial charge in [-0.15, -0.1) is 0 Å². The summed E-state index contributed by atoms with van der Waals surface area (Å²) >= 11 is 3.04. The van der Waals surface area contributed by atoms with Crippen molar-refractivity contribution in [2.75, 3.05) is 5.73 Å². The highest BCUT2D eigenvalue weighted by Gasteiger charge is 2.17. The van der Waals surface area contributed by atoms with Gasteiger partial charge in [0.2, 0.25) is 10.0 Å². The van der Waals surface area contributed by atoms with Crippen LogP contribution in [0.3, 0.4) is 0 Å². The van der Waals surface area contributed by atoms with Crippen molar-refractivity contribution >= 4 is 31.6 Å². The van der Waals surface area contributed by atoms with E-state index in [2.05, 4.69) is 15.9 Å². The Morgan fingerprint density at radius 2 is 1.90 bits per heavy atom. The van der Waals surface area contributed by atoms with Gasteiger partial charge in [-0.2, -0.15) is 0 Å². The second kappa shape index (κ2) is 5.63. The smallest absolute Gasteiger partial charge is 0.238 e. The molecule has 0 fully saturated rings. The summed E-state index contributed by atoms with van der Waals surface area (Å²) in [6, 6.07) is 6.80. The first-order valence-corrected chi connectivity index (χ1v) is 8.08. The van der Waals surface area contributed by atoms with Crippen LogP contribution < -0.4 is 15.6 Å². The minimum absolute atomic E-state index is 0.112. The lowest BCUT2D eigenvalue weighted by Gasteiger charge is -2.13. The molecule has 0 saturated carbocycles. The zero-order valence-corrected chi connectivity index (χ0v) is 13.3. The average molecular weight is 375 g/mol. The van der Waals surface area contributed by atoms with Crippen LogP contribution in [0, 0.1) is 12.7 Å². The molecule has 2 aromatic carbocycles. The Balaban J connectivity index is 2.49. The maximum absolute atomic E-state index is 13.2. The van der Waals surface area contributed by atoms with Crippen LogP contribution in [0.4, 0.5) is 10.1 Å². The molecule has 0 radical (unpaired) electrons. The molecular weight excluding hydrogens is 363 g/mol. The van der Waals surface area contributed by atoms with Crippen molar-refractivity contribution in [1.29, 1.82) is 0 Å². The third kappa shape index (κ3) is 3.52. The Hall–Kier alpha value is -1.64. The van der Waals surface area contributed by atoms with E-state index in [1.54, 1.807) is 6.92 Å². The quantitative estimate of drug-likeness (QED) is 0.807. The number of nitrogens with two attached hydrogens (primary N) is 2. The second-order valence-electron chi connectivity index (χ2n) is 4.37. The normalized spacial score (nSPS) is 11.4. The van der Waals surface area contributed by atoms with Crippen LogP contribution in [0.25, 0.3) is 0 Å². The van der Waals surface area contributed by atoms with E-state index in [0.717, 1.165) is 0 Å². The van der Waals surface area contributed by atoms with E-state index >= 15 is 0 Å². The highest BCUT2D eigenvalue weighted by atomic mass is 79.9. The number of nitrogen functional groups attached to an aromatic ring is 1. The highest BCUT2D eigenvalue weighted by molar-refractivity contribution is 9.10. The zero-order chi connectivity index (χ0) is 15.8. The Morgan fingerprint density at radius 1 is 1.24 bits per heavy atom. The predicted octanol–water partition coefficient (Wildman–Crippen LogP) is 2.92. The SMILES string of the molecule is Cc1c(Oc2ccc(F)c(Br)c2)cc(N)cc1S(N)(=O)=O. The second-order valence-corrected chi connectivity index (χ2v) is 6.75. The molecule has 0 saturated heterocycles. The van der Waals surface area contributed by atoms with E-state index in [1.807, 2.05) is 0 Å². The van der Waals surface area contributed by atoms with Gasteiger partial charge in [-0.3, -0.25) is 0 Å². The van der Waals surface area contributed by atoms with E-state index in [1.165, 1.54) is 30.3 Å². The van der Waals surface area contributed by atoms with Gasteiger partial charge in [0.25, 0.3) is 0 Å². The number of rotatable bonds is 3. The molecule has 0 bridgehead atoms. The van der Waals surface area contributed by atoms with Crippen LogP contribution >= 0.6 is 15.9 Å². The first kappa shape index (κ1) is 15.7. The first-order valence-electron chi connectivity index (χ1n) is 5.74. The maximum Gasteiger partial charge on any atom is 0.238 e. The van der Waals surface area contributed by atoms with Gasteiger partial charge >= 0.3 is 0 Å². The number of benzene rings is 2. The molecule has 8 heteroatoms. The van der Waals surface area contributed by atoms with Crippen molar-refractivity contribution in [3.8, 4) is 11.5 Å². The van der Waals surface area contributed by atoms with Crippen molar-refractivity contribution in [2.24, 2.45) is 5.14 Å². The number of hydrogen-bond acceptors (Lipinski definition) is 4. The van der Waals surface area contributed by atoms with Gasteiger partial charge in [0.1, 0.15) is 17.3 Å². The third-order valence-corrected chi connectivity index (χ3v) is 4.40. The highest BCUT2D eigenvalue weighted by Crippen LogP contribution is 2.33. The van der Waals surface area contributed by atoms with E-state index in [4.69, 9.17) is 15.6 Å². The molecule has 5 nitrogen and oxygen atoms in total. The van der Waals surface area contributed by atoms with E-state index < -0.39 is 15.8 Å². The molecule has 112 valence electrons. The van der Waals surface area contributed by atoms with Gasteiger partial charge in [-0.1, -0.05) is 0 Å². The van der Waals surface area contributed by atoms with Crippen LogP contribution in [-0.2, 0) is 10.0 Å². The van der Waals surface area contributed by atoms with Crippen molar-refractivity contribution in [2.45, 2.75) is 11.8 Å². The fourth-order valence-electron chi connectivity index (χ4n) is 1.75. The molecule has 0 unspecified atom stereocenters. The summed E-state index contributed by atoms with van der Waals surface area (Å²) in [7, 11) is -3.91. The maximum atomic E-state index is 13.2. The summed E-state index contributed by atoms with van der Waals surface area (Å²) in [5.41, 5.74) is 6.18. The number of anilines is 1. The fourth-order valence-corrected chi connectivity index (χ4v) is 2.94. The molecule has 4 N–H and O–H groups in total. The first-order chi connectivity index (χ1) is 9.68. The number of sulfonamides is 1. The monoisotopic (exact) mass is 374 g/mol. The van der Waals surface area contributed by atoms with Gasteiger partial charge in [0, 0.05) is 17.3 Å². The van der Waals surface area contributed by atoms with Crippen LogP contribution in [0.1, 0.15) is 5.56 Å². The molecule has 0 heterocycles. The van der Waals surface area contributed by atoms with Gasteiger partial charge in [0.05, 0.1) is 9.37 Å². The molecular formula is C13H12BrFN2O3S. The van der Waals surface area contributed by atoms with E-state index in [9.17, 15) is 12.8 Å². The minimum atomic E-state index is -3.91. The summed E-state index contributed by atoms with van der Waals surface area (Å²) in [4.78, 5) is -0.112. The van der Waals surface area contributed by atoms with Gasteiger partial charge in [-0.05, 0) is 47.1 Å². The summed E-state index contributed by atoms with van der Waals surface area (Å²) in [5.74, 6) is 0.131. The van der Waals surface area contributed by atoms with Crippen LogP contribution in [0.5, 0.6) is 11.5 Å². The molecule has 0 aliphatic rings. The van der Waals surface area contributed by atoms with Crippen LogP contribution in [0.15, 0.2) is 39.7 Å². The van der Waals surface area contributed by atoms with E-state index in [0.29, 0.717) is 11.3 Å². The van der Waals surface area contributed by atoms with Crippen molar-refractivity contribution in [3.05, 3.63) is 46.2 Å². The molecule has 21 heavy (non-hydrogen) atoms. The molecule has 2 aromatic rings. The van der Waals surface area contributed by atoms with Crippen molar-refractivity contribution in [1.82, 2.24) is 0 Å². The minimum Gasteiger partial charge on any atom is -0.457 e. The van der Waals surface area contributed by atoms with Gasteiger partial charge in [0.15, 0.2) is 0 Å². The fraction of sp³-hybridized carbons (Fsp3) is 0.0769. The summed E-state index contributed by atoms with van der Waals surface area (Å²) in [5, 5.41) is 5.14. The summed E-state index contributed by atoms with van der Waals surface area (Å²) in [6.45, 7) is 1.55. The molecule has 0 aliphatic carbocycles. The zero-order valence-electron chi connectivity index (χ0n) is 10.9. The largest absolute Gasteiger partial charge is 0.457 e. The molecule has 0 aliphatic heterocycles. The van der Waals surface area contributed by atoms with Crippen molar-refractivity contribution < 1.29 is 17.5 Å². The third-order valence-electron chi connectivity index (χ3n) is 2.76. The Labute approximate surface area is 129 Å². The average Bonchev–Trinajstić information content (AvgIpc) is 2.36. The van der Waals surface area contributed by atoms with Gasteiger partial charge < -0.3 is 10.5 Å². The summed E-state index contributed by atoms with van der Waals surface area (Å²) < 4.78 is 42.0. The molecule has 0 aromatic heterocycles. The number of primary sulfonamides is 1. The Morgan fingerprint density at radius 3 is 2.48 bits per heavy atom. The predicted molar refractivity (Wildman–Crippen MR) is 81.1 cm³/mol. The molecule has 0 spiro atoms. The standard InChI is InChI=1S/C13H12BrFN2O3S/c1-7-12(4-8(16)5-13(7)21(17,18)19)20-9-2-3-11(15)10(14)6-9/h2-6H,16H2,1H3,(H2,17,18,19). The molecule has 0 atom stereocenters. The number of halogens is 2. The topological polar surface area (TPSA) is 95.4 Å². The molecule has 0 amide bonds. The van der Waals surface area contributed by atoms with E-state index in [-0.39, 0.29) is 20.8 Å². The van der Waals surface area contributed by atoms with Crippen molar-refractivity contribution in [3.63, 3.8) is 0 Å². The number of ether oxygens (including phenoxy) is 1. The lowest BCUT2D eigenvalue weighted by molar-refractivity contribution is 0.474. The van der Waals surface area contributed by atoms with Crippen LogP contribution in [-0.4, -0.2) is 8.42 Å². The Kier molecular flexibility index (Phi) is 4.22. The van der Waals surface area contributed by atoms with Gasteiger partial charge in [-0.25, -0.2) is 17.9 Å². The lowest BCUT2D eigenvalue weighted by Crippen LogP contribution is -2.14. The van der Waals surface area contributed by atoms with Crippen LogP contribution in [0.2, 0.25) is 0 Å². The number of hydrogen-bond donors (Lipinski definition) is 2.